The second-order valence-corrected chi connectivity index (χ2v) is 7.54. The zero-order valence-electron chi connectivity index (χ0n) is 14.0. The van der Waals surface area contributed by atoms with Crippen molar-refractivity contribution in [1.82, 2.24) is 9.88 Å². The van der Waals surface area contributed by atoms with E-state index in [-0.39, 0.29) is 5.60 Å². The van der Waals surface area contributed by atoms with Gasteiger partial charge in [0.05, 0.1) is 12.2 Å². The van der Waals surface area contributed by atoms with E-state index >= 15 is 0 Å². The molecule has 0 radical (unpaired) electrons. The van der Waals surface area contributed by atoms with Crippen LogP contribution in [0.15, 0.2) is 24.5 Å². The van der Waals surface area contributed by atoms with Crippen molar-refractivity contribution in [1.29, 1.82) is 0 Å². The third-order valence-electron chi connectivity index (χ3n) is 5.99. The molecule has 0 aromatic carbocycles. The lowest BCUT2D eigenvalue weighted by Gasteiger charge is -2.40. The van der Waals surface area contributed by atoms with Crippen LogP contribution in [0, 0.1) is 5.92 Å². The number of hydrogen-bond donors (Lipinski definition) is 0. The first kappa shape index (κ1) is 15.6. The summed E-state index contributed by atoms with van der Waals surface area (Å²) in [6.45, 7) is 6.42. The molecule has 3 aliphatic rings. The van der Waals surface area contributed by atoms with Crippen LogP contribution in [0.2, 0.25) is 0 Å². The van der Waals surface area contributed by atoms with Gasteiger partial charge in [0.2, 0.25) is 0 Å². The number of ether oxygens (including phenoxy) is 2. The lowest BCUT2D eigenvalue weighted by molar-refractivity contribution is -0.0486. The third-order valence-corrected chi connectivity index (χ3v) is 5.99. The van der Waals surface area contributed by atoms with Crippen LogP contribution < -0.4 is 0 Å². The van der Waals surface area contributed by atoms with Crippen LogP contribution in [0.3, 0.4) is 0 Å². The van der Waals surface area contributed by atoms with Gasteiger partial charge in [-0.15, -0.1) is 0 Å². The standard InChI is InChI=1S/C19H28N2O2/c1-2-17(13-20-7-1)18-12-19(23-15-18)5-8-21(9-6-19)14-16-3-10-22-11-4-16/h1-2,7,13,16,18H,3-6,8-12,14-15H2. The highest BCUT2D eigenvalue weighted by molar-refractivity contribution is 5.18. The molecule has 1 atom stereocenters. The van der Waals surface area contributed by atoms with Crippen molar-refractivity contribution in [2.75, 3.05) is 39.5 Å². The number of nitrogens with zero attached hydrogens (tertiary/aromatic N) is 2. The van der Waals surface area contributed by atoms with E-state index in [4.69, 9.17) is 9.47 Å². The molecule has 0 N–H and O–H groups in total. The Morgan fingerprint density at radius 2 is 2.04 bits per heavy atom. The van der Waals surface area contributed by atoms with Crippen molar-refractivity contribution in [2.45, 2.75) is 43.6 Å². The summed E-state index contributed by atoms with van der Waals surface area (Å²) in [5.74, 6) is 1.37. The van der Waals surface area contributed by atoms with Gasteiger partial charge in [0, 0.05) is 51.2 Å². The van der Waals surface area contributed by atoms with Crippen LogP contribution >= 0.6 is 0 Å². The first-order valence-electron chi connectivity index (χ1n) is 9.17. The molecule has 23 heavy (non-hydrogen) atoms. The number of rotatable bonds is 3. The summed E-state index contributed by atoms with van der Waals surface area (Å²) in [5.41, 5.74) is 1.47. The van der Waals surface area contributed by atoms with Crippen molar-refractivity contribution in [3.63, 3.8) is 0 Å². The quantitative estimate of drug-likeness (QED) is 0.859. The lowest BCUT2D eigenvalue weighted by Crippen LogP contribution is -2.46. The molecule has 1 aromatic heterocycles. The maximum Gasteiger partial charge on any atom is 0.0713 e. The molecule has 3 fully saturated rings. The van der Waals surface area contributed by atoms with Gasteiger partial charge in [-0.05, 0) is 49.7 Å². The second kappa shape index (κ2) is 6.88. The van der Waals surface area contributed by atoms with Crippen LogP contribution in [0.5, 0.6) is 0 Å². The maximum atomic E-state index is 6.31. The molecule has 3 aliphatic heterocycles. The molecule has 0 amide bonds. The fourth-order valence-corrected chi connectivity index (χ4v) is 4.46. The molecule has 1 aromatic rings. The predicted octanol–water partition coefficient (Wildman–Crippen LogP) is 2.85. The van der Waals surface area contributed by atoms with Gasteiger partial charge in [-0.25, -0.2) is 0 Å². The van der Waals surface area contributed by atoms with Crippen molar-refractivity contribution >= 4 is 0 Å². The molecule has 4 nitrogen and oxygen atoms in total. The highest BCUT2D eigenvalue weighted by atomic mass is 16.5. The van der Waals surface area contributed by atoms with Crippen molar-refractivity contribution in [3.8, 4) is 0 Å². The van der Waals surface area contributed by atoms with Crippen LogP contribution in [-0.2, 0) is 9.47 Å². The molecule has 0 bridgehead atoms. The molecule has 0 aliphatic carbocycles. The zero-order chi connectivity index (χ0) is 15.5. The minimum absolute atomic E-state index is 0.132. The average Bonchev–Trinajstić information content (AvgIpc) is 3.03. The Labute approximate surface area is 139 Å². The number of pyridine rings is 1. The van der Waals surface area contributed by atoms with Crippen LogP contribution in [-0.4, -0.2) is 54.9 Å². The molecule has 1 spiro atoms. The molecule has 126 valence electrons. The minimum atomic E-state index is 0.132. The summed E-state index contributed by atoms with van der Waals surface area (Å²) in [5, 5.41) is 0. The lowest BCUT2D eigenvalue weighted by atomic mass is 9.83. The molecule has 1 unspecified atom stereocenters. The Morgan fingerprint density at radius 3 is 2.78 bits per heavy atom. The highest BCUT2D eigenvalue weighted by Crippen LogP contribution is 2.42. The Kier molecular flexibility index (Phi) is 4.65. The minimum Gasteiger partial charge on any atom is -0.381 e. The van der Waals surface area contributed by atoms with Crippen molar-refractivity contribution in [3.05, 3.63) is 30.1 Å². The molecule has 4 rings (SSSR count). The van der Waals surface area contributed by atoms with Gasteiger partial charge in [0.1, 0.15) is 0 Å². The van der Waals surface area contributed by atoms with Crippen molar-refractivity contribution in [2.24, 2.45) is 5.92 Å². The average molecular weight is 316 g/mol. The second-order valence-electron chi connectivity index (χ2n) is 7.54. The summed E-state index contributed by atoms with van der Waals surface area (Å²) in [4.78, 5) is 6.92. The van der Waals surface area contributed by atoms with Crippen molar-refractivity contribution < 1.29 is 9.47 Å². The molecule has 4 heteroatoms. The van der Waals surface area contributed by atoms with E-state index in [1.54, 1.807) is 0 Å². The fraction of sp³-hybridized carbons (Fsp3) is 0.737. The van der Waals surface area contributed by atoms with Gasteiger partial charge in [-0.3, -0.25) is 4.98 Å². The zero-order valence-corrected chi connectivity index (χ0v) is 14.0. The van der Waals surface area contributed by atoms with Gasteiger partial charge in [0.25, 0.3) is 0 Å². The SMILES string of the molecule is c1cncc(C2COC3(CCN(CC4CCOCC4)CC3)C2)c1. The number of aromatic nitrogens is 1. The van der Waals surface area contributed by atoms with E-state index in [1.807, 2.05) is 18.5 Å². The third kappa shape index (κ3) is 3.59. The van der Waals surface area contributed by atoms with Gasteiger partial charge in [0.15, 0.2) is 0 Å². The van der Waals surface area contributed by atoms with E-state index in [0.29, 0.717) is 5.92 Å². The van der Waals surface area contributed by atoms with E-state index in [0.717, 1.165) is 25.7 Å². The summed E-state index contributed by atoms with van der Waals surface area (Å²) < 4.78 is 11.8. The predicted molar refractivity (Wildman–Crippen MR) is 89.5 cm³/mol. The smallest absolute Gasteiger partial charge is 0.0713 e. The first-order chi connectivity index (χ1) is 11.3. The largest absolute Gasteiger partial charge is 0.381 e. The van der Waals surface area contributed by atoms with E-state index in [1.165, 1.54) is 57.3 Å². The normalized spacial score (nSPS) is 29.1. The number of likely N-dealkylation sites (tertiary alicyclic amines) is 1. The molecular weight excluding hydrogens is 288 g/mol. The number of piperidine rings is 1. The summed E-state index contributed by atoms with van der Waals surface area (Å²) in [6.07, 6.45) is 9.88. The highest BCUT2D eigenvalue weighted by Gasteiger charge is 2.43. The maximum absolute atomic E-state index is 6.31. The Hall–Kier alpha value is -0.970. The number of hydrogen-bond acceptors (Lipinski definition) is 4. The van der Waals surface area contributed by atoms with E-state index < -0.39 is 0 Å². The molecular formula is C19H28N2O2. The van der Waals surface area contributed by atoms with Gasteiger partial charge in [-0.1, -0.05) is 6.07 Å². The molecule has 3 saturated heterocycles. The van der Waals surface area contributed by atoms with Crippen LogP contribution in [0.4, 0.5) is 0 Å². The summed E-state index contributed by atoms with van der Waals surface area (Å²) in [6, 6.07) is 4.23. The van der Waals surface area contributed by atoms with Crippen LogP contribution in [0.25, 0.3) is 0 Å². The van der Waals surface area contributed by atoms with E-state index in [9.17, 15) is 0 Å². The Morgan fingerprint density at radius 1 is 1.22 bits per heavy atom. The molecule has 4 heterocycles. The summed E-state index contributed by atoms with van der Waals surface area (Å²) >= 11 is 0. The van der Waals surface area contributed by atoms with Gasteiger partial charge < -0.3 is 14.4 Å². The monoisotopic (exact) mass is 316 g/mol. The topological polar surface area (TPSA) is 34.6 Å². The summed E-state index contributed by atoms with van der Waals surface area (Å²) in [7, 11) is 0. The first-order valence-corrected chi connectivity index (χ1v) is 9.17. The van der Waals surface area contributed by atoms with Gasteiger partial charge in [-0.2, -0.15) is 0 Å². The molecule has 0 saturated carbocycles. The fourth-order valence-electron chi connectivity index (χ4n) is 4.46. The Balaban J connectivity index is 1.29. The van der Waals surface area contributed by atoms with E-state index in [2.05, 4.69) is 16.0 Å². The van der Waals surface area contributed by atoms with Crippen LogP contribution in [0.1, 0.15) is 43.6 Å². The van der Waals surface area contributed by atoms with Gasteiger partial charge >= 0.3 is 0 Å². The Bertz CT molecular complexity index is 493.